The van der Waals surface area contributed by atoms with Crippen LogP contribution in [-0.2, 0) is 24.3 Å². The number of aromatic nitrogens is 1. The van der Waals surface area contributed by atoms with Gasteiger partial charge >= 0.3 is 5.97 Å². The van der Waals surface area contributed by atoms with Crippen LogP contribution in [0.1, 0.15) is 30.2 Å². The number of nitrogens with zero attached hydrogens (tertiary/aromatic N) is 1. The molecule has 1 aromatic heterocycles. The molecule has 0 aliphatic carbocycles. The molecule has 1 atom stereocenters. The lowest BCUT2D eigenvalue weighted by Crippen LogP contribution is -2.39. The average Bonchev–Trinajstić information content (AvgIpc) is 3.23. The van der Waals surface area contributed by atoms with Crippen LogP contribution in [-0.4, -0.2) is 33.6 Å². The molecule has 0 aliphatic rings. The van der Waals surface area contributed by atoms with Crippen LogP contribution >= 0.6 is 0 Å². The maximum absolute atomic E-state index is 11.9. The number of aliphatic carboxylic acids is 1. The lowest BCUT2D eigenvalue weighted by molar-refractivity contribution is -0.144. The van der Waals surface area contributed by atoms with E-state index in [1.807, 2.05) is 78.6 Å². The molecule has 0 bridgehead atoms. The summed E-state index contributed by atoms with van der Waals surface area (Å²) in [5.74, 6) is 0.00539. The van der Waals surface area contributed by atoms with Gasteiger partial charge in [-0.05, 0) is 47.2 Å². The zero-order chi connectivity index (χ0) is 23.0. The first-order valence-electron chi connectivity index (χ1n) is 11.4. The Hall–Kier alpha value is -3.57. The SMILES string of the molecule is CCC(C(=O)O)N(Cc1ccccc1)Cc1cccc(OCCc2cc3ccccc3[nH]2)c1. The van der Waals surface area contributed by atoms with Crippen molar-refractivity contribution in [3.63, 3.8) is 0 Å². The van der Waals surface area contributed by atoms with Gasteiger partial charge in [0.2, 0.25) is 0 Å². The number of fused-ring (bicyclic) bond motifs is 1. The summed E-state index contributed by atoms with van der Waals surface area (Å²) in [4.78, 5) is 17.3. The van der Waals surface area contributed by atoms with Crippen LogP contribution in [0.25, 0.3) is 10.9 Å². The normalized spacial score (nSPS) is 12.2. The summed E-state index contributed by atoms with van der Waals surface area (Å²) in [6.45, 7) is 3.60. The Labute approximate surface area is 194 Å². The number of carboxylic acid groups (broad SMARTS) is 1. The number of rotatable bonds is 11. The van der Waals surface area contributed by atoms with Gasteiger partial charge in [-0.15, -0.1) is 0 Å². The van der Waals surface area contributed by atoms with E-state index in [-0.39, 0.29) is 0 Å². The smallest absolute Gasteiger partial charge is 0.320 e. The van der Waals surface area contributed by atoms with Crippen molar-refractivity contribution in [1.82, 2.24) is 9.88 Å². The lowest BCUT2D eigenvalue weighted by Gasteiger charge is -2.28. The third-order valence-corrected chi connectivity index (χ3v) is 5.85. The second-order valence-electron chi connectivity index (χ2n) is 8.28. The molecule has 0 saturated carbocycles. The third kappa shape index (κ3) is 6.02. The summed E-state index contributed by atoms with van der Waals surface area (Å²) < 4.78 is 6.03. The van der Waals surface area contributed by atoms with E-state index in [2.05, 4.69) is 23.2 Å². The molecule has 0 aliphatic heterocycles. The largest absolute Gasteiger partial charge is 0.493 e. The van der Waals surface area contributed by atoms with Gasteiger partial charge in [-0.2, -0.15) is 0 Å². The average molecular weight is 443 g/mol. The Kier molecular flexibility index (Phi) is 7.43. The zero-order valence-corrected chi connectivity index (χ0v) is 18.9. The van der Waals surface area contributed by atoms with Gasteiger partial charge in [0.25, 0.3) is 0 Å². The van der Waals surface area contributed by atoms with Crippen molar-refractivity contribution in [1.29, 1.82) is 0 Å². The van der Waals surface area contributed by atoms with Crippen molar-refractivity contribution in [2.75, 3.05) is 6.61 Å². The van der Waals surface area contributed by atoms with Crippen LogP contribution < -0.4 is 4.74 Å². The molecule has 5 nitrogen and oxygen atoms in total. The zero-order valence-electron chi connectivity index (χ0n) is 18.9. The van der Waals surface area contributed by atoms with Gasteiger partial charge in [-0.3, -0.25) is 9.69 Å². The molecule has 1 heterocycles. The second-order valence-corrected chi connectivity index (χ2v) is 8.28. The molecule has 170 valence electrons. The molecule has 4 aromatic rings. The van der Waals surface area contributed by atoms with Crippen LogP contribution in [0, 0.1) is 0 Å². The minimum absolute atomic E-state index is 0.541. The minimum Gasteiger partial charge on any atom is -0.493 e. The van der Waals surface area contributed by atoms with E-state index in [0.717, 1.165) is 34.5 Å². The molecule has 5 heteroatoms. The second kappa shape index (κ2) is 10.8. The number of carboxylic acids is 1. The highest BCUT2D eigenvalue weighted by Crippen LogP contribution is 2.20. The number of aromatic amines is 1. The van der Waals surface area contributed by atoms with Gasteiger partial charge in [0.1, 0.15) is 11.8 Å². The Morgan fingerprint density at radius 3 is 2.42 bits per heavy atom. The first-order chi connectivity index (χ1) is 16.1. The van der Waals surface area contributed by atoms with E-state index in [1.165, 1.54) is 5.39 Å². The third-order valence-electron chi connectivity index (χ3n) is 5.85. The number of ether oxygens (including phenoxy) is 1. The van der Waals surface area contributed by atoms with Gasteiger partial charge < -0.3 is 14.8 Å². The number of H-pyrrole nitrogens is 1. The van der Waals surface area contributed by atoms with Crippen LogP contribution in [0.5, 0.6) is 5.75 Å². The van der Waals surface area contributed by atoms with Crippen LogP contribution in [0.3, 0.4) is 0 Å². The standard InChI is InChI=1S/C28H30N2O3/c1-2-27(28(31)32)30(19-21-9-4-3-5-10-21)20-22-11-8-13-25(17-22)33-16-15-24-18-23-12-6-7-14-26(23)29-24/h3-14,17-18,27,29H,2,15-16,19-20H2,1H3,(H,31,32). The maximum Gasteiger partial charge on any atom is 0.320 e. The molecule has 4 rings (SSSR count). The molecule has 33 heavy (non-hydrogen) atoms. The summed E-state index contributed by atoms with van der Waals surface area (Å²) in [6.07, 6.45) is 1.33. The molecule has 2 N–H and O–H groups in total. The van der Waals surface area contributed by atoms with Gasteiger partial charge in [-0.1, -0.05) is 67.6 Å². The molecular weight excluding hydrogens is 412 g/mol. The summed E-state index contributed by atoms with van der Waals surface area (Å²) in [7, 11) is 0. The van der Waals surface area contributed by atoms with Gasteiger partial charge in [0.15, 0.2) is 0 Å². The molecule has 0 amide bonds. The van der Waals surface area contributed by atoms with Gasteiger partial charge in [0.05, 0.1) is 6.61 Å². The molecule has 0 spiro atoms. The highest BCUT2D eigenvalue weighted by Gasteiger charge is 2.24. The fourth-order valence-corrected chi connectivity index (χ4v) is 4.20. The van der Waals surface area contributed by atoms with Crippen molar-refractivity contribution >= 4 is 16.9 Å². The number of hydrogen-bond donors (Lipinski definition) is 2. The van der Waals surface area contributed by atoms with E-state index >= 15 is 0 Å². The van der Waals surface area contributed by atoms with Crippen molar-refractivity contribution in [2.24, 2.45) is 0 Å². The Balaban J connectivity index is 1.41. The van der Waals surface area contributed by atoms with Crippen molar-refractivity contribution in [2.45, 2.75) is 38.9 Å². The fourth-order valence-electron chi connectivity index (χ4n) is 4.20. The number of hydrogen-bond acceptors (Lipinski definition) is 3. The van der Waals surface area contributed by atoms with Gasteiger partial charge in [0, 0.05) is 30.7 Å². The minimum atomic E-state index is -0.792. The molecule has 0 saturated heterocycles. The Bertz CT molecular complexity index is 1150. The fraction of sp³-hybridized carbons (Fsp3) is 0.250. The van der Waals surface area contributed by atoms with E-state index in [4.69, 9.17) is 4.74 Å². The van der Waals surface area contributed by atoms with Crippen molar-refractivity contribution in [3.05, 3.63) is 102 Å². The number of carbonyl (C=O) groups is 1. The highest BCUT2D eigenvalue weighted by molar-refractivity contribution is 5.80. The van der Waals surface area contributed by atoms with Crippen LogP contribution in [0.4, 0.5) is 0 Å². The summed E-state index contributed by atoms with van der Waals surface area (Å²) >= 11 is 0. The molecule has 0 fully saturated rings. The number of para-hydroxylation sites is 1. The van der Waals surface area contributed by atoms with Crippen LogP contribution in [0.2, 0.25) is 0 Å². The number of benzene rings is 3. The quantitative estimate of drug-likeness (QED) is 0.315. The molecular formula is C28H30N2O3. The molecule has 3 aromatic carbocycles. The summed E-state index contributed by atoms with van der Waals surface area (Å²) in [5.41, 5.74) is 4.42. The van der Waals surface area contributed by atoms with E-state index in [0.29, 0.717) is 26.1 Å². The highest BCUT2D eigenvalue weighted by atomic mass is 16.5. The Morgan fingerprint density at radius 1 is 0.939 bits per heavy atom. The van der Waals surface area contributed by atoms with Crippen molar-refractivity contribution in [3.8, 4) is 5.75 Å². The Morgan fingerprint density at radius 2 is 1.67 bits per heavy atom. The summed E-state index contributed by atoms with van der Waals surface area (Å²) in [5, 5.41) is 11.0. The van der Waals surface area contributed by atoms with Crippen LogP contribution in [0.15, 0.2) is 84.9 Å². The predicted octanol–water partition coefficient (Wildman–Crippen LogP) is 5.65. The predicted molar refractivity (Wildman–Crippen MR) is 131 cm³/mol. The topological polar surface area (TPSA) is 65.6 Å². The first-order valence-corrected chi connectivity index (χ1v) is 11.4. The monoisotopic (exact) mass is 442 g/mol. The van der Waals surface area contributed by atoms with E-state index in [1.54, 1.807) is 0 Å². The van der Waals surface area contributed by atoms with E-state index < -0.39 is 12.0 Å². The van der Waals surface area contributed by atoms with Gasteiger partial charge in [-0.25, -0.2) is 0 Å². The number of nitrogens with one attached hydrogen (secondary N) is 1. The molecule has 0 radical (unpaired) electrons. The van der Waals surface area contributed by atoms with E-state index in [9.17, 15) is 9.90 Å². The lowest BCUT2D eigenvalue weighted by atomic mass is 10.1. The first kappa shape index (κ1) is 22.6. The summed E-state index contributed by atoms with van der Waals surface area (Å²) in [6, 6.07) is 27.8. The molecule has 1 unspecified atom stereocenters. The maximum atomic E-state index is 11.9. The van der Waals surface area contributed by atoms with Crippen molar-refractivity contribution < 1.29 is 14.6 Å².